The lowest BCUT2D eigenvalue weighted by Crippen LogP contribution is -2.42. The number of benzene rings is 1. The Morgan fingerprint density at radius 1 is 1.28 bits per heavy atom. The van der Waals surface area contributed by atoms with Crippen LogP contribution in [0, 0.1) is 11.3 Å². The summed E-state index contributed by atoms with van der Waals surface area (Å²) in [5, 5.41) is 9.60. The quantitative estimate of drug-likeness (QED) is 0.911. The average molecular weight is 343 g/mol. The molecule has 2 aliphatic heterocycles. The highest BCUT2D eigenvalue weighted by Crippen LogP contribution is 2.54. The Bertz CT molecular complexity index is 799. The minimum Gasteiger partial charge on any atom is -0.493 e. The van der Waals surface area contributed by atoms with Gasteiger partial charge in [-0.2, -0.15) is 0 Å². The summed E-state index contributed by atoms with van der Waals surface area (Å²) in [6, 6.07) is 3.84. The van der Waals surface area contributed by atoms with Crippen molar-refractivity contribution in [2.45, 2.75) is 25.7 Å². The summed E-state index contributed by atoms with van der Waals surface area (Å²) in [7, 11) is 3.18. The molecule has 132 valence electrons. The van der Waals surface area contributed by atoms with E-state index >= 15 is 0 Å². The maximum atomic E-state index is 13.1. The van der Waals surface area contributed by atoms with Crippen molar-refractivity contribution in [2.75, 3.05) is 20.8 Å². The van der Waals surface area contributed by atoms with Gasteiger partial charge in [0.25, 0.3) is 0 Å². The summed E-state index contributed by atoms with van der Waals surface area (Å²) >= 11 is 0. The number of carbonyl (C=O) groups is 2. The first-order valence-electron chi connectivity index (χ1n) is 8.54. The van der Waals surface area contributed by atoms with Crippen molar-refractivity contribution in [3.05, 3.63) is 29.3 Å². The van der Waals surface area contributed by atoms with Gasteiger partial charge in [-0.1, -0.05) is 6.42 Å². The Labute approximate surface area is 146 Å². The van der Waals surface area contributed by atoms with E-state index in [0.717, 1.165) is 23.2 Å². The van der Waals surface area contributed by atoms with E-state index in [4.69, 9.17) is 9.47 Å². The van der Waals surface area contributed by atoms with E-state index < -0.39 is 17.3 Å². The van der Waals surface area contributed by atoms with Gasteiger partial charge >= 0.3 is 5.97 Å². The number of rotatable bonds is 3. The van der Waals surface area contributed by atoms with E-state index in [-0.39, 0.29) is 5.91 Å². The summed E-state index contributed by atoms with van der Waals surface area (Å²) in [5.41, 5.74) is 1.95. The Morgan fingerprint density at radius 2 is 2.00 bits per heavy atom. The summed E-state index contributed by atoms with van der Waals surface area (Å²) < 4.78 is 10.8. The Morgan fingerprint density at radius 3 is 2.68 bits per heavy atom. The van der Waals surface area contributed by atoms with Crippen molar-refractivity contribution in [3.63, 3.8) is 0 Å². The number of carboxylic acid groups (broad SMARTS) is 1. The van der Waals surface area contributed by atoms with E-state index in [1.54, 1.807) is 19.1 Å². The van der Waals surface area contributed by atoms with Gasteiger partial charge in [0, 0.05) is 17.8 Å². The third-order valence-corrected chi connectivity index (χ3v) is 5.82. The number of fused-ring (bicyclic) bond motifs is 3. The van der Waals surface area contributed by atoms with Crippen molar-refractivity contribution < 1.29 is 24.2 Å². The molecule has 0 saturated heterocycles. The number of carbonyl (C=O) groups excluding carboxylic acids is 1. The van der Waals surface area contributed by atoms with Crippen LogP contribution < -0.4 is 9.47 Å². The smallest absolute Gasteiger partial charge is 0.307 e. The molecule has 4 rings (SSSR count). The Balaban J connectivity index is 1.85. The molecule has 3 aliphatic rings. The highest BCUT2D eigenvalue weighted by Gasteiger charge is 2.57. The van der Waals surface area contributed by atoms with Gasteiger partial charge in [0.15, 0.2) is 11.5 Å². The SMILES string of the molecule is COc1cc2c(cc1OC)C1=C[C@]3(CCC[C@@H]3C(=O)O)C(=O)N1CC2. The molecule has 2 atom stereocenters. The Kier molecular flexibility index (Phi) is 3.52. The van der Waals surface area contributed by atoms with Crippen molar-refractivity contribution in [3.8, 4) is 11.5 Å². The molecular formula is C19H21NO5. The van der Waals surface area contributed by atoms with Crippen LogP contribution in [-0.4, -0.2) is 42.6 Å². The lowest BCUT2D eigenvalue weighted by Gasteiger charge is -2.31. The van der Waals surface area contributed by atoms with Crippen molar-refractivity contribution >= 4 is 17.6 Å². The molecule has 1 aliphatic carbocycles. The van der Waals surface area contributed by atoms with Gasteiger partial charge in [0.1, 0.15) is 0 Å². The van der Waals surface area contributed by atoms with Crippen LogP contribution in [0.4, 0.5) is 0 Å². The van der Waals surface area contributed by atoms with E-state index in [1.807, 2.05) is 18.2 Å². The van der Waals surface area contributed by atoms with Crippen LogP contribution in [0.25, 0.3) is 5.70 Å². The molecule has 6 heteroatoms. The molecule has 1 aromatic rings. The molecule has 0 unspecified atom stereocenters. The fraction of sp³-hybridized carbons (Fsp3) is 0.474. The summed E-state index contributed by atoms with van der Waals surface area (Å²) in [4.78, 5) is 26.6. The minimum absolute atomic E-state index is 0.0622. The largest absolute Gasteiger partial charge is 0.493 e. The standard InChI is InChI=1S/C19H21NO5/c1-24-15-8-11-5-7-20-14(12(11)9-16(15)25-2)10-19(18(20)23)6-3-4-13(19)17(21)22/h8-10,13H,3-7H2,1-2H3,(H,21,22)/t13-,19+/m1/s1. The zero-order valence-corrected chi connectivity index (χ0v) is 14.4. The first kappa shape index (κ1) is 16.0. The molecule has 1 fully saturated rings. The number of nitrogens with zero attached hydrogens (tertiary/aromatic N) is 1. The zero-order valence-electron chi connectivity index (χ0n) is 14.4. The third kappa shape index (κ3) is 2.09. The first-order chi connectivity index (χ1) is 12.0. The van der Waals surface area contributed by atoms with Gasteiger partial charge in [-0.05, 0) is 43.0 Å². The third-order valence-electron chi connectivity index (χ3n) is 5.82. The number of hydrogen-bond acceptors (Lipinski definition) is 4. The maximum absolute atomic E-state index is 13.1. The lowest BCUT2D eigenvalue weighted by atomic mass is 9.78. The molecular weight excluding hydrogens is 322 g/mol. The van der Waals surface area contributed by atoms with Gasteiger partial charge < -0.3 is 19.5 Å². The van der Waals surface area contributed by atoms with E-state index in [9.17, 15) is 14.7 Å². The summed E-state index contributed by atoms with van der Waals surface area (Å²) in [5.74, 6) is -0.304. The topological polar surface area (TPSA) is 76.1 Å². The van der Waals surface area contributed by atoms with Gasteiger partial charge in [0.2, 0.25) is 5.91 Å². The summed E-state index contributed by atoms with van der Waals surface area (Å²) in [6.45, 7) is 0.571. The highest BCUT2D eigenvalue weighted by molar-refractivity contribution is 6.02. The van der Waals surface area contributed by atoms with Gasteiger partial charge in [-0.3, -0.25) is 9.59 Å². The maximum Gasteiger partial charge on any atom is 0.307 e. The number of carboxylic acids is 1. The molecule has 6 nitrogen and oxygen atoms in total. The minimum atomic E-state index is -0.893. The number of methoxy groups -OCH3 is 2. The summed E-state index contributed by atoms with van der Waals surface area (Å²) in [6.07, 6.45) is 4.54. The highest BCUT2D eigenvalue weighted by atomic mass is 16.5. The predicted molar refractivity (Wildman–Crippen MR) is 90.3 cm³/mol. The second kappa shape index (κ2) is 5.51. The normalized spacial score (nSPS) is 27.1. The number of hydrogen-bond donors (Lipinski definition) is 1. The van der Waals surface area contributed by atoms with Gasteiger partial charge in [0.05, 0.1) is 25.6 Å². The van der Waals surface area contributed by atoms with Crippen LogP contribution >= 0.6 is 0 Å². The fourth-order valence-electron chi connectivity index (χ4n) is 4.59. The molecule has 2 heterocycles. The first-order valence-corrected chi connectivity index (χ1v) is 8.54. The molecule has 0 bridgehead atoms. The Hall–Kier alpha value is -2.50. The lowest BCUT2D eigenvalue weighted by molar-refractivity contribution is -0.150. The van der Waals surface area contributed by atoms with Crippen molar-refractivity contribution in [1.29, 1.82) is 0 Å². The zero-order chi connectivity index (χ0) is 17.8. The van der Waals surface area contributed by atoms with Gasteiger partial charge in [-0.15, -0.1) is 0 Å². The average Bonchev–Trinajstić information content (AvgIpc) is 3.16. The van der Waals surface area contributed by atoms with E-state index in [2.05, 4.69) is 0 Å². The second-order valence-electron chi connectivity index (χ2n) is 6.92. The van der Waals surface area contributed by atoms with Gasteiger partial charge in [-0.25, -0.2) is 0 Å². The van der Waals surface area contributed by atoms with Crippen molar-refractivity contribution in [2.24, 2.45) is 11.3 Å². The van der Waals surface area contributed by atoms with Crippen LogP contribution in [0.1, 0.15) is 30.4 Å². The number of aliphatic carboxylic acids is 1. The second-order valence-corrected chi connectivity index (χ2v) is 6.92. The molecule has 1 N–H and O–H groups in total. The van der Waals surface area contributed by atoms with Crippen LogP contribution in [0.15, 0.2) is 18.2 Å². The van der Waals surface area contributed by atoms with Crippen LogP contribution in [0.3, 0.4) is 0 Å². The monoisotopic (exact) mass is 343 g/mol. The molecule has 1 amide bonds. The predicted octanol–water partition coefficient (Wildman–Crippen LogP) is 2.31. The molecule has 0 radical (unpaired) electrons. The van der Waals surface area contributed by atoms with Crippen LogP contribution in [-0.2, 0) is 16.0 Å². The van der Waals surface area contributed by atoms with E-state index in [0.29, 0.717) is 37.3 Å². The van der Waals surface area contributed by atoms with Crippen LogP contribution in [0.5, 0.6) is 11.5 Å². The molecule has 1 spiro atoms. The van der Waals surface area contributed by atoms with Crippen molar-refractivity contribution in [1.82, 2.24) is 4.90 Å². The fourth-order valence-corrected chi connectivity index (χ4v) is 4.59. The van der Waals surface area contributed by atoms with Crippen LogP contribution in [0.2, 0.25) is 0 Å². The molecule has 1 saturated carbocycles. The molecule has 0 aromatic heterocycles. The number of amides is 1. The number of ether oxygens (including phenoxy) is 2. The molecule has 25 heavy (non-hydrogen) atoms. The van der Waals surface area contributed by atoms with E-state index in [1.165, 1.54) is 0 Å². The molecule has 1 aromatic carbocycles.